The molecule has 0 aromatic carbocycles. The van der Waals surface area contributed by atoms with Crippen molar-refractivity contribution < 1.29 is 4.42 Å². The number of nitrogens with one attached hydrogen (secondary N) is 1. The van der Waals surface area contributed by atoms with E-state index in [-0.39, 0.29) is 6.04 Å². The van der Waals surface area contributed by atoms with Crippen LogP contribution in [0.25, 0.3) is 0 Å². The smallest absolute Gasteiger partial charge is 0.206 e. The van der Waals surface area contributed by atoms with Gasteiger partial charge in [-0.05, 0) is 25.5 Å². The van der Waals surface area contributed by atoms with Gasteiger partial charge in [0.05, 0.1) is 12.3 Å². The highest BCUT2D eigenvalue weighted by Crippen LogP contribution is 2.22. The molecule has 2 aromatic rings. The Morgan fingerprint density at radius 3 is 3.00 bits per heavy atom. The van der Waals surface area contributed by atoms with E-state index in [9.17, 15) is 0 Å². The van der Waals surface area contributed by atoms with E-state index < -0.39 is 0 Å². The van der Waals surface area contributed by atoms with Crippen LogP contribution in [0, 0.1) is 0 Å². The normalized spacial score (nSPS) is 12.7. The largest absolute Gasteiger partial charge is 0.467 e. The molecule has 1 atom stereocenters. The average molecular weight is 223 g/mol. The van der Waals surface area contributed by atoms with E-state index in [0.717, 1.165) is 22.3 Å². The van der Waals surface area contributed by atoms with E-state index in [4.69, 9.17) is 4.42 Å². The number of aryl methyl sites for hydroxylation is 1. The number of aromatic nitrogens is 2. The van der Waals surface area contributed by atoms with Gasteiger partial charge in [0.15, 0.2) is 0 Å². The number of rotatable bonds is 4. The molecule has 2 rings (SSSR count). The van der Waals surface area contributed by atoms with Gasteiger partial charge in [0.1, 0.15) is 10.8 Å². The minimum Gasteiger partial charge on any atom is -0.467 e. The minimum atomic E-state index is 0.123. The first-order chi connectivity index (χ1) is 7.29. The van der Waals surface area contributed by atoms with E-state index in [1.165, 1.54) is 0 Å². The molecule has 0 aliphatic carbocycles. The van der Waals surface area contributed by atoms with Gasteiger partial charge < -0.3 is 9.73 Å². The second-order valence-corrected chi connectivity index (χ2v) is 4.30. The van der Waals surface area contributed by atoms with Crippen LogP contribution in [0.15, 0.2) is 22.8 Å². The number of furan rings is 1. The topological polar surface area (TPSA) is 51.0 Å². The zero-order valence-electron chi connectivity index (χ0n) is 8.73. The molecule has 0 aliphatic heterocycles. The predicted molar refractivity (Wildman–Crippen MR) is 60.0 cm³/mol. The molecule has 0 radical (unpaired) electrons. The molecule has 15 heavy (non-hydrogen) atoms. The van der Waals surface area contributed by atoms with Crippen molar-refractivity contribution in [1.29, 1.82) is 0 Å². The lowest BCUT2D eigenvalue weighted by Gasteiger charge is -2.08. The van der Waals surface area contributed by atoms with E-state index in [2.05, 4.69) is 22.4 Å². The van der Waals surface area contributed by atoms with Crippen molar-refractivity contribution in [2.75, 3.05) is 5.32 Å². The molecule has 0 aliphatic rings. The van der Waals surface area contributed by atoms with Gasteiger partial charge >= 0.3 is 0 Å². The van der Waals surface area contributed by atoms with E-state index in [1.807, 2.05) is 19.1 Å². The summed E-state index contributed by atoms with van der Waals surface area (Å²) in [5, 5.41) is 13.2. The van der Waals surface area contributed by atoms with Crippen LogP contribution in [0.3, 0.4) is 0 Å². The second-order valence-electron chi connectivity index (χ2n) is 3.24. The maximum atomic E-state index is 5.29. The summed E-state index contributed by atoms with van der Waals surface area (Å²) in [7, 11) is 0. The Balaban J connectivity index is 2.02. The molecule has 0 saturated heterocycles. The van der Waals surface area contributed by atoms with Gasteiger partial charge in [0.25, 0.3) is 0 Å². The van der Waals surface area contributed by atoms with Gasteiger partial charge in [-0.15, -0.1) is 10.2 Å². The molecule has 0 spiro atoms. The maximum absolute atomic E-state index is 5.29. The lowest BCUT2D eigenvalue weighted by Crippen LogP contribution is -2.04. The summed E-state index contributed by atoms with van der Waals surface area (Å²) in [4.78, 5) is 0. The standard InChI is InChI=1S/C10H13N3OS/c1-3-9-12-13-10(15-9)11-7(2)8-5-4-6-14-8/h4-7H,3H2,1-2H3,(H,11,13). The molecule has 0 saturated carbocycles. The van der Waals surface area contributed by atoms with Gasteiger partial charge in [-0.25, -0.2) is 0 Å². The summed E-state index contributed by atoms with van der Waals surface area (Å²) in [6.45, 7) is 4.10. The summed E-state index contributed by atoms with van der Waals surface area (Å²) < 4.78 is 5.29. The van der Waals surface area contributed by atoms with Crippen molar-refractivity contribution in [2.24, 2.45) is 0 Å². The van der Waals surface area contributed by atoms with Crippen molar-refractivity contribution in [3.8, 4) is 0 Å². The van der Waals surface area contributed by atoms with Crippen LogP contribution >= 0.6 is 11.3 Å². The molecule has 2 heterocycles. The molecule has 4 nitrogen and oxygen atoms in total. The highest BCUT2D eigenvalue weighted by Gasteiger charge is 2.10. The number of anilines is 1. The zero-order chi connectivity index (χ0) is 10.7. The third-order valence-electron chi connectivity index (χ3n) is 2.08. The van der Waals surface area contributed by atoms with Crippen LogP contribution < -0.4 is 5.32 Å². The number of hydrogen-bond acceptors (Lipinski definition) is 5. The van der Waals surface area contributed by atoms with Gasteiger partial charge in [0, 0.05) is 0 Å². The van der Waals surface area contributed by atoms with Crippen LogP contribution in [0.1, 0.15) is 30.7 Å². The molecular weight excluding hydrogens is 210 g/mol. The second kappa shape index (κ2) is 4.44. The Bertz CT molecular complexity index is 410. The fourth-order valence-electron chi connectivity index (χ4n) is 1.25. The van der Waals surface area contributed by atoms with Gasteiger partial charge in [-0.3, -0.25) is 0 Å². The molecular formula is C10H13N3OS. The quantitative estimate of drug-likeness (QED) is 0.866. The van der Waals surface area contributed by atoms with Crippen LogP contribution in [0.4, 0.5) is 5.13 Å². The SMILES string of the molecule is CCc1nnc(NC(C)c2ccco2)s1. The Morgan fingerprint density at radius 1 is 1.53 bits per heavy atom. The maximum Gasteiger partial charge on any atom is 0.206 e. The molecule has 0 fully saturated rings. The third kappa shape index (κ3) is 2.36. The summed E-state index contributed by atoms with van der Waals surface area (Å²) in [6.07, 6.45) is 2.60. The van der Waals surface area contributed by atoms with E-state index in [0.29, 0.717) is 0 Å². The summed E-state index contributed by atoms with van der Waals surface area (Å²) >= 11 is 1.58. The van der Waals surface area contributed by atoms with Crippen molar-refractivity contribution in [1.82, 2.24) is 10.2 Å². The molecule has 5 heteroatoms. The Labute approximate surface area is 92.3 Å². The van der Waals surface area contributed by atoms with Crippen LogP contribution in [-0.4, -0.2) is 10.2 Å². The first-order valence-corrected chi connectivity index (χ1v) is 5.73. The highest BCUT2D eigenvalue weighted by molar-refractivity contribution is 7.15. The molecule has 1 unspecified atom stereocenters. The van der Waals surface area contributed by atoms with Gasteiger partial charge in [0.2, 0.25) is 5.13 Å². The lowest BCUT2D eigenvalue weighted by molar-refractivity contribution is 0.490. The van der Waals surface area contributed by atoms with Crippen molar-refractivity contribution in [3.05, 3.63) is 29.2 Å². The predicted octanol–water partition coefficient (Wildman–Crippen LogP) is 2.87. The summed E-state index contributed by atoms with van der Waals surface area (Å²) in [5.74, 6) is 0.906. The van der Waals surface area contributed by atoms with Crippen LogP contribution in [0.5, 0.6) is 0 Å². The molecule has 1 N–H and O–H groups in total. The Kier molecular flexibility index (Phi) is 3.01. The third-order valence-corrected chi connectivity index (χ3v) is 3.08. The van der Waals surface area contributed by atoms with Crippen LogP contribution in [0.2, 0.25) is 0 Å². The fraction of sp³-hybridized carbons (Fsp3) is 0.400. The molecule has 80 valence electrons. The van der Waals surface area contributed by atoms with Crippen molar-refractivity contribution in [3.63, 3.8) is 0 Å². The van der Waals surface area contributed by atoms with Gasteiger partial charge in [-0.1, -0.05) is 18.3 Å². The zero-order valence-corrected chi connectivity index (χ0v) is 9.54. The Hall–Kier alpha value is -1.36. The Morgan fingerprint density at radius 2 is 2.40 bits per heavy atom. The summed E-state index contributed by atoms with van der Waals surface area (Å²) in [5.41, 5.74) is 0. The van der Waals surface area contributed by atoms with E-state index >= 15 is 0 Å². The molecule has 2 aromatic heterocycles. The van der Waals surface area contributed by atoms with Crippen LogP contribution in [-0.2, 0) is 6.42 Å². The molecule has 0 bridgehead atoms. The first-order valence-electron chi connectivity index (χ1n) is 4.92. The van der Waals surface area contributed by atoms with Crippen molar-refractivity contribution in [2.45, 2.75) is 26.3 Å². The lowest BCUT2D eigenvalue weighted by atomic mass is 10.3. The number of hydrogen-bond donors (Lipinski definition) is 1. The summed E-state index contributed by atoms with van der Waals surface area (Å²) in [6, 6.07) is 3.95. The van der Waals surface area contributed by atoms with Crippen molar-refractivity contribution >= 4 is 16.5 Å². The first kappa shape index (κ1) is 10.2. The fourth-order valence-corrected chi connectivity index (χ4v) is 2.02. The monoisotopic (exact) mass is 223 g/mol. The van der Waals surface area contributed by atoms with E-state index in [1.54, 1.807) is 17.6 Å². The number of nitrogens with zero attached hydrogens (tertiary/aromatic N) is 2. The average Bonchev–Trinajstić information content (AvgIpc) is 2.87. The van der Waals surface area contributed by atoms with Gasteiger partial charge in [-0.2, -0.15) is 0 Å². The molecule has 0 amide bonds. The highest BCUT2D eigenvalue weighted by atomic mass is 32.1. The minimum absolute atomic E-state index is 0.123.